The number of nitrogens with zero attached hydrogens (tertiary/aromatic N) is 2. The Morgan fingerprint density at radius 3 is 2.35 bits per heavy atom. The maximum absolute atomic E-state index is 13.3. The second kappa shape index (κ2) is 7.10. The van der Waals surface area contributed by atoms with E-state index in [9.17, 15) is 4.39 Å². The average Bonchev–Trinajstić information content (AvgIpc) is 3.10. The SMILES string of the molecule is Fc1ccc(C2=NN(c3ccccc3)C(c3cccc(Cl)c3Cl)C2)cc1. The van der Waals surface area contributed by atoms with Crippen LogP contribution in [-0.4, -0.2) is 5.71 Å². The van der Waals surface area contributed by atoms with Crippen LogP contribution in [0.5, 0.6) is 0 Å². The fraction of sp³-hybridized carbons (Fsp3) is 0.0952. The van der Waals surface area contributed by atoms with Gasteiger partial charge in [-0.2, -0.15) is 5.10 Å². The highest BCUT2D eigenvalue weighted by Gasteiger charge is 2.31. The summed E-state index contributed by atoms with van der Waals surface area (Å²) in [5, 5.41) is 7.83. The average molecular weight is 385 g/mol. The Morgan fingerprint density at radius 1 is 0.885 bits per heavy atom. The van der Waals surface area contributed by atoms with E-state index in [0.29, 0.717) is 16.5 Å². The second-order valence-electron chi connectivity index (χ2n) is 6.10. The van der Waals surface area contributed by atoms with Crippen molar-refractivity contribution >= 4 is 34.6 Å². The van der Waals surface area contributed by atoms with Crippen molar-refractivity contribution in [2.24, 2.45) is 5.10 Å². The number of rotatable bonds is 3. The van der Waals surface area contributed by atoms with Crippen LogP contribution in [0.1, 0.15) is 23.6 Å². The van der Waals surface area contributed by atoms with Crippen molar-refractivity contribution in [2.45, 2.75) is 12.5 Å². The van der Waals surface area contributed by atoms with Gasteiger partial charge < -0.3 is 0 Å². The summed E-state index contributed by atoms with van der Waals surface area (Å²) in [6.45, 7) is 0. The van der Waals surface area contributed by atoms with E-state index < -0.39 is 0 Å². The zero-order valence-electron chi connectivity index (χ0n) is 13.7. The Hall–Kier alpha value is -2.36. The summed E-state index contributed by atoms with van der Waals surface area (Å²) >= 11 is 12.7. The van der Waals surface area contributed by atoms with Gasteiger partial charge in [0.15, 0.2) is 0 Å². The molecular formula is C21H15Cl2FN2. The van der Waals surface area contributed by atoms with Gasteiger partial charge in [0, 0.05) is 6.42 Å². The molecule has 1 heterocycles. The first-order chi connectivity index (χ1) is 12.6. The molecular weight excluding hydrogens is 370 g/mol. The molecule has 1 aliphatic rings. The first-order valence-electron chi connectivity index (χ1n) is 8.25. The highest BCUT2D eigenvalue weighted by Crippen LogP contribution is 2.41. The summed E-state index contributed by atoms with van der Waals surface area (Å²) in [6, 6.07) is 21.9. The molecule has 26 heavy (non-hydrogen) atoms. The number of halogens is 3. The molecule has 5 heteroatoms. The quantitative estimate of drug-likeness (QED) is 0.503. The predicted octanol–water partition coefficient (Wildman–Crippen LogP) is 6.49. The van der Waals surface area contributed by atoms with Crippen LogP contribution >= 0.6 is 23.2 Å². The maximum atomic E-state index is 13.3. The van der Waals surface area contributed by atoms with Crippen LogP contribution in [0.25, 0.3) is 0 Å². The van der Waals surface area contributed by atoms with Crippen LogP contribution in [0.4, 0.5) is 10.1 Å². The maximum Gasteiger partial charge on any atom is 0.123 e. The van der Waals surface area contributed by atoms with E-state index >= 15 is 0 Å². The van der Waals surface area contributed by atoms with Gasteiger partial charge in [-0.25, -0.2) is 4.39 Å². The van der Waals surface area contributed by atoms with Crippen LogP contribution in [-0.2, 0) is 0 Å². The number of hydrogen-bond donors (Lipinski definition) is 0. The zero-order chi connectivity index (χ0) is 18.1. The first kappa shape index (κ1) is 17.1. The summed E-state index contributed by atoms with van der Waals surface area (Å²) in [5.74, 6) is -0.262. The summed E-state index contributed by atoms with van der Waals surface area (Å²) < 4.78 is 13.3. The molecule has 0 bridgehead atoms. The predicted molar refractivity (Wildman–Crippen MR) is 106 cm³/mol. The Labute approximate surface area is 161 Å². The lowest BCUT2D eigenvalue weighted by molar-refractivity contribution is 0.627. The highest BCUT2D eigenvalue weighted by atomic mass is 35.5. The molecule has 1 unspecified atom stereocenters. The smallest absolute Gasteiger partial charge is 0.123 e. The van der Waals surface area contributed by atoms with Gasteiger partial charge in [0.05, 0.1) is 27.5 Å². The fourth-order valence-electron chi connectivity index (χ4n) is 3.17. The molecule has 2 nitrogen and oxygen atoms in total. The van der Waals surface area contributed by atoms with Crippen molar-refractivity contribution in [3.8, 4) is 0 Å². The number of para-hydroxylation sites is 1. The summed E-state index contributed by atoms with van der Waals surface area (Å²) in [7, 11) is 0. The summed E-state index contributed by atoms with van der Waals surface area (Å²) in [4.78, 5) is 0. The molecule has 0 radical (unpaired) electrons. The van der Waals surface area contributed by atoms with Crippen LogP contribution in [0.15, 0.2) is 77.9 Å². The van der Waals surface area contributed by atoms with E-state index in [-0.39, 0.29) is 11.9 Å². The lowest BCUT2D eigenvalue weighted by Gasteiger charge is -2.25. The molecule has 3 aromatic carbocycles. The van der Waals surface area contributed by atoms with Gasteiger partial charge >= 0.3 is 0 Å². The Bertz CT molecular complexity index is 956. The Morgan fingerprint density at radius 2 is 1.62 bits per heavy atom. The van der Waals surface area contributed by atoms with E-state index in [0.717, 1.165) is 22.5 Å². The largest absolute Gasteiger partial charge is 0.257 e. The molecule has 0 saturated carbocycles. The van der Waals surface area contributed by atoms with E-state index in [1.54, 1.807) is 18.2 Å². The van der Waals surface area contributed by atoms with E-state index in [1.807, 2.05) is 47.5 Å². The van der Waals surface area contributed by atoms with Crippen molar-refractivity contribution in [3.05, 3.63) is 99.8 Å². The number of benzene rings is 3. The first-order valence-corrected chi connectivity index (χ1v) is 9.00. The minimum Gasteiger partial charge on any atom is -0.257 e. The highest BCUT2D eigenvalue weighted by molar-refractivity contribution is 6.42. The van der Waals surface area contributed by atoms with Crippen molar-refractivity contribution < 1.29 is 4.39 Å². The molecule has 3 aromatic rings. The van der Waals surface area contributed by atoms with Crippen molar-refractivity contribution in [2.75, 3.05) is 5.01 Å². The molecule has 1 aliphatic heterocycles. The molecule has 0 aromatic heterocycles. The molecule has 0 N–H and O–H groups in total. The van der Waals surface area contributed by atoms with Crippen molar-refractivity contribution in [3.63, 3.8) is 0 Å². The Kier molecular flexibility index (Phi) is 4.66. The van der Waals surface area contributed by atoms with Gasteiger partial charge in [0.1, 0.15) is 5.82 Å². The third-order valence-corrected chi connectivity index (χ3v) is 5.28. The fourth-order valence-corrected chi connectivity index (χ4v) is 3.60. The zero-order valence-corrected chi connectivity index (χ0v) is 15.3. The number of hydrazone groups is 1. The third kappa shape index (κ3) is 3.20. The second-order valence-corrected chi connectivity index (χ2v) is 6.88. The lowest BCUT2D eigenvalue weighted by atomic mass is 9.98. The van der Waals surface area contributed by atoms with E-state index in [1.165, 1.54) is 12.1 Å². The standard InChI is InChI=1S/C21H15Cl2FN2/c22-18-8-4-7-17(21(18)23)20-13-19(14-9-11-15(24)12-10-14)25-26(20)16-5-2-1-3-6-16/h1-12,20H,13H2. The number of anilines is 1. The molecule has 1 atom stereocenters. The molecule has 0 aliphatic carbocycles. The van der Waals surface area contributed by atoms with Crippen LogP contribution < -0.4 is 5.01 Å². The van der Waals surface area contributed by atoms with Crippen molar-refractivity contribution in [1.29, 1.82) is 0 Å². The molecule has 4 rings (SSSR count). The van der Waals surface area contributed by atoms with Gasteiger partial charge in [-0.1, -0.05) is 65.7 Å². The summed E-state index contributed by atoms with van der Waals surface area (Å²) in [5.41, 5.74) is 3.66. The third-order valence-electron chi connectivity index (χ3n) is 4.45. The molecule has 130 valence electrons. The molecule has 0 fully saturated rings. The van der Waals surface area contributed by atoms with Gasteiger partial charge in [0.25, 0.3) is 0 Å². The molecule has 0 amide bonds. The minimum absolute atomic E-state index is 0.0800. The van der Waals surface area contributed by atoms with E-state index in [2.05, 4.69) is 0 Å². The number of hydrogen-bond acceptors (Lipinski definition) is 2. The summed E-state index contributed by atoms with van der Waals surface area (Å²) in [6.07, 6.45) is 0.653. The van der Waals surface area contributed by atoms with Crippen LogP contribution in [0.2, 0.25) is 10.0 Å². The minimum atomic E-state index is -0.262. The van der Waals surface area contributed by atoms with Crippen molar-refractivity contribution in [1.82, 2.24) is 0 Å². The molecule has 0 saturated heterocycles. The normalized spacial score (nSPS) is 16.7. The monoisotopic (exact) mass is 384 g/mol. The van der Waals surface area contributed by atoms with Gasteiger partial charge in [0.2, 0.25) is 0 Å². The van der Waals surface area contributed by atoms with Gasteiger partial charge in [-0.05, 0) is 41.5 Å². The lowest BCUT2D eigenvalue weighted by Crippen LogP contribution is -2.18. The van der Waals surface area contributed by atoms with Gasteiger partial charge in [-0.3, -0.25) is 5.01 Å². The van der Waals surface area contributed by atoms with Crippen LogP contribution in [0, 0.1) is 5.82 Å². The Balaban J connectivity index is 1.78. The molecule has 0 spiro atoms. The van der Waals surface area contributed by atoms with Crippen LogP contribution in [0.3, 0.4) is 0 Å². The van der Waals surface area contributed by atoms with E-state index in [4.69, 9.17) is 28.3 Å². The topological polar surface area (TPSA) is 15.6 Å². The van der Waals surface area contributed by atoms with Gasteiger partial charge in [-0.15, -0.1) is 0 Å².